The second-order valence-electron chi connectivity index (χ2n) is 4.08. The minimum Gasteiger partial charge on any atom is -0.394 e. The number of nitrogens with zero attached hydrogens (tertiary/aromatic N) is 1. The average molecular weight is 242 g/mol. The first-order chi connectivity index (χ1) is 8.02. The Morgan fingerprint density at radius 1 is 1.59 bits per heavy atom. The van der Waals surface area contributed by atoms with E-state index in [0.29, 0.717) is 5.69 Å². The van der Waals surface area contributed by atoms with E-state index in [0.717, 1.165) is 4.57 Å². The van der Waals surface area contributed by atoms with E-state index in [4.69, 9.17) is 9.84 Å². The van der Waals surface area contributed by atoms with Gasteiger partial charge in [0.15, 0.2) is 0 Å². The molecule has 3 atom stereocenters. The number of nitrogens with one attached hydrogen (secondary N) is 1. The van der Waals surface area contributed by atoms with E-state index in [-0.39, 0.29) is 13.0 Å². The average Bonchev–Trinajstić information content (AvgIpc) is 2.57. The van der Waals surface area contributed by atoms with E-state index in [1.54, 1.807) is 6.92 Å². The highest BCUT2D eigenvalue weighted by Crippen LogP contribution is 2.26. The van der Waals surface area contributed by atoms with Crippen LogP contribution >= 0.6 is 0 Å². The fourth-order valence-corrected chi connectivity index (χ4v) is 1.93. The number of aromatic amines is 1. The zero-order chi connectivity index (χ0) is 12.6. The first-order valence-corrected chi connectivity index (χ1v) is 5.29. The summed E-state index contributed by atoms with van der Waals surface area (Å²) in [5, 5.41) is 18.5. The highest BCUT2D eigenvalue weighted by Gasteiger charge is 2.35. The fraction of sp³-hybridized carbons (Fsp3) is 0.600. The van der Waals surface area contributed by atoms with Gasteiger partial charge in [0.05, 0.1) is 12.7 Å². The van der Waals surface area contributed by atoms with Crippen molar-refractivity contribution in [3.8, 4) is 0 Å². The van der Waals surface area contributed by atoms with Gasteiger partial charge in [-0.2, -0.15) is 0 Å². The molecule has 0 aromatic carbocycles. The predicted molar refractivity (Wildman–Crippen MR) is 57.7 cm³/mol. The standard InChI is InChI=1S/C10H14N2O5/c1-5-2-8(15)12(10(16)11-5)9-3-6(14)7(4-13)17-9/h2,6-7,9,13-14H,3-4H2,1H3,(H,11,16)/t6-,7-,9-/m1/s1. The Kier molecular flexibility index (Phi) is 3.14. The lowest BCUT2D eigenvalue weighted by Crippen LogP contribution is -2.38. The minimum absolute atomic E-state index is 0.108. The van der Waals surface area contributed by atoms with Gasteiger partial charge in [-0.25, -0.2) is 9.36 Å². The van der Waals surface area contributed by atoms with E-state index in [9.17, 15) is 14.7 Å². The molecule has 1 aliphatic rings. The zero-order valence-corrected chi connectivity index (χ0v) is 9.29. The maximum absolute atomic E-state index is 11.7. The van der Waals surface area contributed by atoms with Crippen LogP contribution in [0.5, 0.6) is 0 Å². The van der Waals surface area contributed by atoms with Gasteiger partial charge in [-0.1, -0.05) is 0 Å². The number of aryl methyl sites for hydroxylation is 1. The van der Waals surface area contributed by atoms with E-state index in [1.165, 1.54) is 6.07 Å². The molecule has 94 valence electrons. The van der Waals surface area contributed by atoms with Crippen LogP contribution in [-0.2, 0) is 4.74 Å². The van der Waals surface area contributed by atoms with Crippen LogP contribution in [0.25, 0.3) is 0 Å². The topological polar surface area (TPSA) is 105 Å². The molecule has 1 fully saturated rings. The number of hydrogen-bond acceptors (Lipinski definition) is 5. The molecule has 7 nitrogen and oxygen atoms in total. The third kappa shape index (κ3) is 2.17. The largest absolute Gasteiger partial charge is 0.394 e. The zero-order valence-electron chi connectivity index (χ0n) is 9.29. The van der Waals surface area contributed by atoms with Gasteiger partial charge < -0.3 is 19.9 Å². The molecular formula is C10H14N2O5. The lowest BCUT2D eigenvalue weighted by Gasteiger charge is -2.13. The smallest absolute Gasteiger partial charge is 0.330 e. The van der Waals surface area contributed by atoms with Crippen molar-refractivity contribution >= 4 is 0 Å². The molecule has 2 heterocycles. The molecule has 0 aliphatic carbocycles. The summed E-state index contributed by atoms with van der Waals surface area (Å²) in [6.45, 7) is 1.25. The number of aliphatic hydroxyl groups is 2. The van der Waals surface area contributed by atoms with Crippen LogP contribution in [0.15, 0.2) is 15.7 Å². The van der Waals surface area contributed by atoms with E-state index in [2.05, 4.69) is 4.98 Å². The van der Waals surface area contributed by atoms with Gasteiger partial charge in [0, 0.05) is 18.2 Å². The quantitative estimate of drug-likeness (QED) is 0.584. The number of hydrogen-bond donors (Lipinski definition) is 3. The summed E-state index contributed by atoms with van der Waals surface area (Å²) in [6.07, 6.45) is -2.36. The highest BCUT2D eigenvalue weighted by molar-refractivity contribution is 4.98. The van der Waals surface area contributed by atoms with Crippen LogP contribution in [0.2, 0.25) is 0 Å². The van der Waals surface area contributed by atoms with Crippen LogP contribution < -0.4 is 11.2 Å². The Hall–Kier alpha value is -1.44. The van der Waals surface area contributed by atoms with Crippen LogP contribution in [0.4, 0.5) is 0 Å². The third-order valence-corrected chi connectivity index (χ3v) is 2.77. The summed E-state index contributed by atoms with van der Waals surface area (Å²) >= 11 is 0. The second kappa shape index (κ2) is 4.44. The molecule has 0 spiro atoms. The Bertz CT molecular complexity index is 489. The molecule has 1 aromatic rings. The van der Waals surface area contributed by atoms with Crippen molar-refractivity contribution in [1.82, 2.24) is 9.55 Å². The first kappa shape index (κ1) is 12.0. The summed E-state index contributed by atoms with van der Waals surface area (Å²) in [4.78, 5) is 25.8. The number of aliphatic hydroxyl groups excluding tert-OH is 2. The Morgan fingerprint density at radius 3 is 2.82 bits per heavy atom. The molecule has 1 aliphatic heterocycles. The van der Waals surface area contributed by atoms with Gasteiger partial charge in [-0.05, 0) is 6.92 Å². The molecule has 0 saturated carbocycles. The van der Waals surface area contributed by atoms with Gasteiger partial charge in [-0.15, -0.1) is 0 Å². The van der Waals surface area contributed by atoms with Crippen LogP contribution in [0.3, 0.4) is 0 Å². The molecule has 7 heteroatoms. The molecular weight excluding hydrogens is 228 g/mol. The lowest BCUT2D eigenvalue weighted by molar-refractivity contribution is -0.0469. The lowest BCUT2D eigenvalue weighted by atomic mass is 10.2. The molecule has 3 N–H and O–H groups in total. The third-order valence-electron chi connectivity index (χ3n) is 2.77. The Balaban J connectivity index is 2.37. The van der Waals surface area contributed by atoms with Crippen molar-refractivity contribution in [3.63, 3.8) is 0 Å². The number of aromatic nitrogens is 2. The maximum atomic E-state index is 11.7. The van der Waals surface area contributed by atoms with Gasteiger partial charge in [0.25, 0.3) is 5.56 Å². The first-order valence-electron chi connectivity index (χ1n) is 5.29. The van der Waals surface area contributed by atoms with E-state index < -0.39 is 29.7 Å². The normalized spacial score (nSPS) is 28.5. The molecule has 0 amide bonds. The van der Waals surface area contributed by atoms with E-state index in [1.807, 2.05) is 0 Å². The number of ether oxygens (including phenoxy) is 1. The van der Waals surface area contributed by atoms with Gasteiger partial charge >= 0.3 is 5.69 Å². The van der Waals surface area contributed by atoms with Crippen LogP contribution in [0, 0.1) is 6.92 Å². The van der Waals surface area contributed by atoms with Crippen molar-refractivity contribution in [2.45, 2.75) is 31.8 Å². The van der Waals surface area contributed by atoms with Gasteiger partial charge in [0.2, 0.25) is 0 Å². The van der Waals surface area contributed by atoms with Gasteiger partial charge in [0.1, 0.15) is 12.3 Å². The molecule has 2 rings (SSSR count). The number of rotatable bonds is 2. The van der Waals surface area contributed by atoms with Gasteiger partial charge in [-0.3, -0.25) is 4.79 Å². The minimum atomic E-state index is -0.877. The fourth-order valence-electron chi connectivity index (χ4n) is 1.93. The molecule has 0 radical (unpaired) electrons. The maximum Gasteiger partial charge on any atom is 0.330 e. The predicted octanol–water partition coefficient (Wildman–Crippen LogP) is -1.51. The van der Waals surface area contributed by atoms with Crippen LogP contribution in [-0.4, -0.2) is 38.6 Å². The summed E-state index contributed by atoms with van der Waals surface area (Å²) in [7, 11) is 0. The summed E-state index contributed by atoms with van der Waals surface area (Å²) in [5.74, 6) is 0. The Labute approximate surface area is 96.3 Å². The van der Waals surface area contributed by atoms with Crippen LogP contribution in [0.1, 0.15) is 18.3 Å². The molecule has 17 heavy (non-hydrogen) atoms. The summed E-state index contributed by atoms with van der Waals surface area (Å²) in [6, 6.07) is 1.28. The van der Waals surface area contributed by atoms with E-state index >= 15 is 0 Å². The van der Waals surface area contributed by atoms with Crippen molar-refractivity contribution in [2.24, 2.45) is 0 Å². The highest BCUT2D eigenvalue weighted by atomic mass is 16.5. The molecule has 0 unspecified atom stereocenters. The molecule has 0 bridgehead atoms. The molecule has 1 aromatic heterocycles. The summed E-state index contributed by atoms with van der Waals surface area (Å²) in [5.41, 5.74) is -0.596. The van der Waals surface area contributed by atoms with Crippen molar-refractivity contribution in [2.75, 3.05) is 6.61 Å². The molecule has 1 saturated heterocycles. The monoisotopic (exact) mass is 242 g/mol. The second-order valence-corrected chi connectivity index (χ2v) is 4.08. The van der Waals surface area contributed by atoms with Crippen molar-refractivity contribution in [1.29, 1.82) is 0 Å². The summed E-state index contributed by atoms with van der Waals surface area (Å²) < 4.78 is 6.16. The Morgan fingerprint density at radius 2 is 2.29 bits per heavy atom. The van der Waals surface area contributed by atoms with Crippen molar-refractivity contribution in [3.05, 3.63) is 32.6 Å². The SMILES string of the molecule is Cc1cc(=O)n([C@H]2C[C@@H](O)[C@@H](CO)O2)c(=O)[nH]1. The van der Waals surface area contributed by atoms with Crippen molar-refractivity contribution < 1.29 is 14.9 Å². The number of H-pyrrole nitrogens is 1.